The molecule has 0 aromatic heterocycles. The van der Waals surface area contributed by atoms with E-state index >= 15 is 0 Å². The van der Waals surface area contributed by atoms with E-state index in [2.05, 4.69) is 25.2 Å². The molecule has 1 N–H and O–H groups in total. The number of nitrogens with one attached hydrogen (secondary N) is 1. The molecule has 24 heavy (non-hydrogen) atoms. The third kappa shape index (κ3) is 3.78. The molecule has 5 heteroatoms. The molecule has 0 radical (unpaired) electrons. The minimum atomic E-state index is 0.172. The zero-order valence-electron chi connectivity index (χ0n) is 14.6. The Morgan fingerprint density at radius 3 is 2.62 bits per heavy atom. The zero-order valence-corrected chi connectivity index (χ0v) is 14.6. The van der Waals surface area contributed by atoms with E-state index in [1.165, 1.54) is 5.56 Å². The Hall–Kier alpha value is -1.88. The van der Waals surface area contributed by atoms with Crippen LogP contribution in [0.1, 0.15) is 38.7 Å². The normalized spacial score (nSPS) is 24.0. The van der Waals surface area contributed by atoms with Gasteiger partial charge in [0.2, 0.25) is 11.8 Å². The van der Waals surface area contributed by atoms with E-state index in [4.69, 9.17) is 0 Å². The number of aryl methyl sites for hydroxylation is 1. The number of nitrogens with zero attached hydrogens (tertiary/aromatic N) is 2. The number of anilines is 1. The van der Waals surface area contributed by atoms with E-state index in [-0.39, 0.29) is 11.8 Å². The molecule has 1 aromatic rings. The summed E-state index contributed by atoms with van der Waals surface area (Å²) in [5.41, 5.74) is 2.25. The largest absolute Gasteiger partial charge is 0.340 e. The van der Waals surface area contributed by atoms with Crippen LogP contribution in [0.3, 0.4) is 0 Å². The molecule has 0 saturated carbocycles. The number of benzene rings is 1. The topological polar surface area (TPSA) is 52.7 Å². The first-order chi connectivity index (χ1) is 11.5. The van der Waals surface area contributed by atoms with Crippen LogP contribution in [-0.4, -0.2) is 48.4 Å². The Morgan fingerprint density at radius 1 is 1.17 bits per heavy atom. The lowest BCUT2D eigenvalue weighted by Gasteiger charge is -2.36. The quantitative estimate of drug-likeness (QED) is 0.919. The molecule has 3 rings (SSSR count). The maximum atomic E-state index is 12.5. The van der Waals surface area contributed by atoms with Crippen LogP contribution < -0.4 is 10.2 Å². The standard InChI is InChI=1S/C19H27N3O2/c1-14-12-21(13-15(2)20-14)18(23)8-5-11-22-17-7-4-3-6-16(17)9-10-19(22)24/h3-4,6-7,14-15,20H,5,8-13H2,1-2H3/t14-,15+. The van der Waals surface area contributed by atoms with Crippen LogP contribution in [0.15, 0.2) is 24.3 Å². The molecule has 1 aromatic carbocycles. The first-order valence-electron chi connectivity index (χ1n) is 8.96. The first kappa shape index (κ1) is 17.0. The van der Waals surface area contributed by atoms with E-state index in [0.717, 1.165) is 25.2 Å². The number of hydrogen-bond donors (Lipinski definition) is 1. The van der Waals surface area contributed by atoms with Crippen LogP contribution in [0.5, 0.6) is 0 Å². The second kappa shape index (κ2) is 7.34. The Balaban J connectivity index is 1.55. The number of piperazine rings is 1. The van der Waals surface area contributed by atoms with E-state index in [1.807, 2.05) is 28.0 Å². The minimum Gasteiger partial charge on any atom is -0.340 e. The average molecular weight is 329 g/mol. The van der Waals surface area contributed by atoms with Crippen molar-refractivity contribution in [3.8, 4) is 0 Å². The summed E-state index contributed by atoms with van der Waals surface area (Å²) in [6.07, 6.45) is 2.61. The summed E-state index contributed by atoms with van der Waals surface area (Å²) in [7, 11) is 0. The van der Waals surface area contributed by atoms with Crippen LogP contribution in [0.25, 0.3) is 0 Å². The highest BCUT2D eigenvalue weighted by Crippen LogP contribution is 2.27. The maximum absolute atomic E-state index is 12.5. The van der Waals surface area contributed by atoms with E-state index < -0.39 is 0 Å². The molecular weight excluding hydrogens is 302 g/mol. The Morgan fingerprint density at radius 2 is 1.88 bits per heavy atom. The molecule has 0 aliphatic carbocycles. The van der Waals surface area contributed by atoms with Gasteiger partial charge in [-0.15, -0.1) is 0 Å². The van der Waals surface area contributed by atoms with Gasteiger partial charge in [-0.3, -0.25) is 9.59 Å². The Bertz CT molecular complexity index is 606. The number of hydrogen-bond acceptors (Lipinski definition) is 3. The smallest absolute Gasteiger partial charge is 0.227 e. The van der Waals surface area contributed by atoms with Crippen LogP contribution in [0.4, 0.5) is 5.69 Å². The van der Waals surface area contributed by atoms with Gasteiger partial charge in [0.1, 0.15) is 0 Å². The maximum Gasteiger partial charge on any atom is 0.227 e. The van der Waals surface area contributed by atoms with Crippen LogP contribution >= 0.6 is 0 Å². The summed E-state index contributed by atoms with van der Waals surface area (Å²) < 4.78 is 0. The van der Waals surface area contributed by atoms with Gasteiger partial charge in [0.05, 0.1) is 0 Å². The monoisotopic (exact) mass is 329 g/mol. The number of para-hydroxylation sites is 1. The van der Waals surface area contributed by atoms with Gasteiger partial charge in [-0.1, -0.05) is 18.2 Å². The Labute approximate surface area is 144 Å². The molecule has 2 amide bonds. The predicted molar refractivity (Wildman–Crippen MR) is 95.0 cm³/mol. The second-order valence-electron chi connectivity index (χ2n) is 7.05. The van der Waals surface area contributed by atoms with Crippen molar-refractivity contribution in [3.05, 3.63) is 29.8 Å². The van der Waals surface area contributed by atoms with Crippen molar-refractivity contribution in [2.24, 2.45) is 0 Å². The third-order valence-electron chi connectivity index (χ3n) is 4.87. The van der Waals surface area contributed by atoms with E-state index in [0.29, 0.717) is 37.9 Å². The fourth-order valence-corrected chi connectivity index (χ4v) is 3.82. The number of fused-ring (bicyclic) bond motifs is 1. The van der Waals surface area contributed by atoms with Crippen molar-refractivity contribution in [1.29, 1.82) is 0 Å². The lowest BCUT2D eigenvalue weighted by molar-refractivity contribution is -0.133. The number of amides is 2. The fraction of sp³-hybridized carbons (Fsp3) is 0.579. The average Bonchev–Trinajstić information content (AvgIpc) is 2.56. The summed E-state index contributed by atoms with van der Waals surface area (Å²) in [5.74, 6) is 0.374. The van der Waals surface area contributed by atoms with Crippen molar-refractivity contribution >= 4 is 17.5 Å². The zero-order chi connectivity index (χ0) is 17.1. The highest BCUT2D eigenvalue weighted by Gasteiger charge is 2.26. The highest BCUT2D eigenvalue weighted by molar-refractivity contribution is 5.96. The molecule has 2 aliphatic rings. The summed E-state index contributed by atoms with van der Waals surface area (Å²) in [5, 5.41) is 3.44. The van der Waals surface area contributed by atoms with Gasteiger partial charge in [0, 0.05) is 50.2 Å². The van der Waals surface area contributed by atoms with Gasteiger partial charge in [0.15, 0.2) is 0 Å². The van der Waals surface area contributed by atoms with Crippen LogP contribution in [0.2, 0.25) is 0 Å². The number of carbonyl (C=O) groups is 2. The second-order valence-corrected chi connectivity index (χ2v) is 7.05. The summed E-state index contributed by atoms with van der Waals surface area (Å²) in [6, 6.07) is 8.76. The van der Waals surface area contributed by atoms with Gasteiger partial charge in [-0.2, -0.15) is 0 Å². The molecule has 0 bridgehead atoms. The van der Waals surface area contributed by atoms with E-state index in [1.54, 1.807) is 0 Å². The summed E-state index contributed by atoms with van der Waals surface area (Å²) in [4.78, 5) is 28.5. The molecule has 0 spiro atoms. The van der Waals surface area contributed by atoms with Gasteiger partial charge in [0.25, 0.3) is 0 Å². The molecule has 130 valence electrons. The minimum absolute atomic E-state index is 0.172. The lowest BCUT2D eigenvalue weighted by atomic mass is 10.0. The SMILES string of the molecule is C[C@@H]1CN(C(=O)CCCN2C(=O)CCc3ccccc32)C[C@H](C)N1. The van der Waals surface area contributed by atoms with Crippen molar-refractivity contribution in [1.82, 2.24) is 10.2 Å². The summed E-state index contributed by atoms with van der Waals surface area (Å²) in [6.45, 7) is 6.39. The fourth-order valence-electron chi connectivity index (χ4n) is 3.82. The summed E-state index contributed by atoms with van der Waals surface area (Å²) >= 11 is 0. The van der Waals surface area contributed by atoms with Gasteiger partial charge in [-0.05, 0) is 38.3 Å². The number of rotatable bonds is 4. The molecule has 5 nitrogen and oxygen atoms in total. The third-order valence-corrected chi connectivity index (χ3v) is 4.87. The molecule has 1 fully saturated rings. The molecule has 2 aliphatic heterocycles. The molecular formula is C19H27N3O2. The van der Waals surface area contributed by atoms with Gasteiger partial charge >= 0.3 is 0 Å². The van der Waals surface area contributed by atoms with E-state index in [9.17, 15) is 9.59 Å². The lowest BCUT2D eigenvalue weighted by Crippen LogP contribution is -2.55. The van der Waals surface area contributed by atoms with Gasteiger partial charge in [-0.25, -0.2) is 0 Å². The van der Waals surface area contributed by atoms with Gasteiger partial charge < -0.3 is 15.1 Å². The van der Waals surface area contributed by atoms with Crippen molar-refractivity contribution in [3.63, 3.8) is 0 Å². The van der Waals surface area contributed by atoms with Crippen LogP contribution in [-0.2, 0) is 16.0 Å². The molecule has 2 atom stereocenters. The Kier molecular flexibility index (Phi) is 5.19. The van der Waals surface area contributed by atoms with Crippen molar-refractivity contribution in [2.75, 3.05) is 24.5 Å². The molecule has 1 saturated heterocycles. The predicted octanol–water partition coefficient (Wildman–Crippen LogP) is 1.95. The number of carbonyl (C=O) groups excluding carboxylic acids is 2. The van der Waals surface area contributed by atoms with Crippen molar-refractivity contribution < 1.29 is 9.59 Å². The molecule has 2 heterocycles. The highest BCUT2D eigenvalue weighted by atomic mass is 16.2. The molecule has 0 unspecified atom stereocenters. The first-order valence-corrected chi connectivity index (χ1v) is 8.96. The van der Waals surface area contributed by atoms with Crippen LogP contribution in [0, 0.1) is 0 Å². The van der Waals surface area contributed by atoms with Crippen molar-refractivity contribution in [2.45, 2.75) is 51.6 Å².